The van der Waals surface area contributed by atoms with Crippen LogP contribution in [0.1, 0.15) is 38.7 Å². The minimum absolute atomic E-state index is 0.0937. The summed E-state index contributed by atoms with van der Waals surface area (Å²) >= 11 is 0. The van der Waals surface area contributed by atoms with Gasteiger partial charge in [0.2, 0.25) is 5.91 Å². The first-order valence-corrected chi connectivity index (χ1v) is 10.2. The normalized spacial score (nSPS) is 17.9. The summed E-state index contributed by atoms with van der Waals surface area (Å²) in [5.41, 5.74) is 8.39. The first-order valence-electron chi connectivity index (χ1n) is 10.2. The highest BCUT2D eigenvalue weighted by atomic mass is 16.2. The largest absolute Gasteiger partial charge is 0.282 e. The van der Waals surface area contributed by atoms with Gasteiger partial charge in [-0.05, 0) is 53.3 Å². The summed E-state index contributed by atoms with van der Waals surface area (Å²) < 4.78 is 0. The second-order valence-electron chi connectivity index (χ2n) is 8.00. The van der Waals surface area contributed by atoms with Crippen molar-refractivity contribution in [3.05, 3.63) is 101 Å². The van der Waals surface area contributed by atoms with Crippen molar-refractivity contribution < 1.29 is 9.59 Å². The summed E-state index contributed by atoms with van der Waals surface area (Å²) in [5, 5.41) is 2.25. The fourth-order valence-corrected chi connectivity index (χ4v) is 4.48. The molecule has 3 aromatic carbocycles. The lowest BCUT2D eigenvalue weighted by atomic mass is 9.93. The summed E-state index contributed by atoms with van der Waals surface area (Å²) in [6, 6.07) is 22.6. The molecule has 0 fully saturated rings. The summed E-state index contributed by atoms with van der Waals surface area (Å²) in [5.74, 6) is 11.5. The number of nitrogens with zero attached hydrogens (tertiary/aromatic N) is 2. The van der Waals surface area contributed by atoms with Gasteiger partial charge in [0.25, 0.3) is 5.91 Å². The van der Waals surface area contributed by atoms with Crippen LogP contribution in [0.2, 0.25) is 0 Å². The number of rotatable bonds is 3. The number of hydrazine groups is 3. The summed E-state index contributed by atoms with van der Waals surface area (Å²) in [6.07, 6.45) is 1.42. The standard InChI is InChI=1S/C24H23N5O2/c25-28(23(30)18-13-16-5-1-2-6-17(16)14-18)19-11-9-15(10-12-19)22-20-7-3-4-8-21(20)24(31)29(26)27-22/h1-12,18,22,27H,13-14,25-26H2. The van der Waals surface area contributed by atoms with Gasteiger partial charge in [0.15, 0.2) is 0 Å². The molecule has 2 aliphatic rings. The van der Waals surface area contributed by atoms with E-state index in [1.807, 2.05) is 54.6 Å². The molecule has 156 valence electrons. The highest BCUT2D eigenvalue weighted by Gasteiger charge is 2.32. The van der Waals surface area contributed by atoms with E-state index >= 15 is 0 Å². The fourth-order valence-electron chi connectivity index (χ4n) is 4.48. The number of carbonyl (C=O) groups is 2. The van der Waals surface area contributed by atoms with Gasteiger partial charge < -0.3 is 0 Å². The van der Waals surface area contributed by atoms with Gasteiger partial charge in [-0.15, -0.1) is 0 Å². The van der Waals surface area contributed by atoms with Gasteiger partial charge >= 0.3 is 0 Å². The molecule has 1 heterocycles. The lowest BCUT2D eigenvalue weighted by Gasteiger charge is -2.32. The first kappa shape index (κ1) is 19.4. The SMILES string of the molecule is NN1NC(c2ccc(N(N)C(=O)C3Cc4ccccc4C3)cc2)c2ccccc2C1=O. The minimum Gasteiger partial charge on any atom is -0.273 e. The van der Waals surface area contributed by atoms with E-state index in [0.29, 0.717) is 24.1 Å². The van der Waals surface area contributed by atoms with Gasteiger partial charge in [-0.3, -0.25) is 9.59 Å². The molecule has 0 radical (unpaired) electrons. The zero-order chi connectivity index (χ0) is 21.5. The number of carbonyl (C=O) groups excluding carboxylic acids is 2. The Balaban J connectivity index is 1.35. The van der Waals surface area contributed by atoms with Crippen LogP contribution in [0.15, 0.2) is 72.8 Å². The van der Waals surface area contributed by atoms with Crippen LogP contribution in [-0.2, 0) is 17.6 Å². The Morgan fingerprint density at radius 1 is 0.935 bits per heavy atom. The number of amides is 2. The molecule has 0 saturated heterocycles. The maximum absolute atomic E-state index is 13.0. The molecule has 0 bridgehead atoms. The fraction of sp³-hybridized carbons (Fsp3) is 0.167. The number of nitrogens with two attached hydrogens (primary N) is 2. The van der Waals surface area contributed by atoms with E-state index in [1.165, 1.54) is 16.1 Å². The number of anilines is 1. The molecule has 0 aromatic heterocycles. The molecule has 1 atom stereocenters. The second kappa shape index (κ2) is 7.63. The number of hydrogen-bond donors (Lipinski definition) is 3. The summed E-state index contributed by atoms with van der Waals surface area (Å²) in [6.45, 7) is 0. The van der Waals surface area contributed by atoms with Crippen molar-refractivity contribution in [2.45, 2.75) is 18.9 Å². The average Bonchev–Trinajstić information content (AvgIpc) is 3.25. The highest BCUT2D eigenvalue weighted by Crippen LogP contribution is 2.31. The van der Waals surface area contributed by atoms with Crippen molar-refractivity contribution in [1.82, 2.24) is 10.5 Å². The molecule has 2 amide bonds. The van der Waals surface area contributed by atoms with E-state index in [0.717, 1.165) is 16.2 Å². The van der Waals surface area contributed by atoms with E-state index in [1.54, 1.807) is 6.07 Å². The van der Waals surface area contributed by atoms with Crippen LogP contribution in [0.25, 0.3) is 0 Å². The monoisotopic (exact) mass is 413 g/mol. The maximum atomic E-state index is 13.0. The van der Waals surface area contributed by atoms with Gasteiger partial charge in [-0.25, -0.2) is 27.2 Å². The zero-order valence-electron chi connectivity index (χ0n) is 16.9. The van der Waals surface area contributed by atoms with E-state index in [-0.39, 0.29) is 23.8 Å². The molecule has 7 nitrogen and oxygen atoms in total. The Morgan fingerprint density at radius 3 is 2.23 bits per heavy atom. The Kier molecular flexibility index (Phi) is 4.78. The van der Waals surface area contributed by atoms with Crippen LogP contribution in [0.4, 0.5) is 5.69 Å². The number of nitrogens with one attached hydrogen (secondary N) is 1. The number of hydrogen-bond acceptors (Lipinski definition) is 5. The van der Waals surface area contributed by atoms with Crippen molar-refractivity contribution in [3.8, 4) is 0 Å². The maximum Gasteiger partial charge on any atom is 0.282 e. The molecule has 31 heavy (non-hydrogen) atoms. The van der Waals surface area contributed by atoms with Gasteiger partial charge in [0.1, 0.15) is 0 Å². The molecule has 1 unspecified atom stereocenters. The van der Waals surface area contributed by atoms with E-state index < -0.39 is 0 Å². The molecule has 7 heteroatoms. The van der Waals surface area contributed by atoms with Crippen LogP contribution >= 0.6 is 0 Å². The third kappa shape index (κ3) is 3.38. The molecule has 5 N–H and O–H groups in total. The van der Waals surface area contributed by atoms with E-state index in [4.69, 9.17) is 11.7 Å². The number of benzene rings is 3. The highest BCUT2D eigenvalue weighted by molar-refractivity contribution is 5.96. The quantitative estimate of drug-likeness (QED) is 0.347. The predicted octanol–water partition coefficient (Wildman–Crippen LogP) is 2.23. The van der Waals surface area contributed by atoms with Crippen molar-refractivity contribution in [3.63, 3.8) is 0 Å². The predicted molar refractivity (Wildman–Crippen MR) is 117 cm³/mol. The lowest BCUT2D eigenvalue weighted by molar-refractivity contribution is -0.122. The van der Waals surface area contributed by atoms with Crippen molar-refractivity contribution in [1.29, 1.82) is 0 Å². The molecule has 0 saturated carbocycles. The van der Waals surface area contributed by atoms with Gasteiger partial charge in [-0.2, -0.15) is 0 Å². The molecule has 1 aliphatic heterocycles. The third-order valence-corrected chi connectivity index (χ3v) is 6.13. The van der Waals surface area contributed by atoms with Gasteiger partial charge in [0.05, 0.1) is 11.7 Å². The molecular formula is C24H23N5O2. The molecule has 0 spiro atoms. The first-order chi connectivity index (χ1) is 15.0. The number of fused-ring (bicyclic) bond motifs is 2. The van der Waals surface area contributed by atoms with E-state index in [2.05, 4.69) is 17.6 Å². The molecule has 3 aromatic rings. The average molecular weight is 413 g/mol. The smallest absolute Gasteiger partial charge is 0.273 e. The van der Waals surface area contributed by atoms with Gasteiger partial charge in [-0.1, -0.05) is 54.6 Å². The molecular weight excluding hydrogens is 390 g/mol. The summed E-state index contributed by atoms with van der Waals surface area (Å²) in [7, 11) is 0. The molecule has 5 rings (SSSR count). The Bertz CT molecular complexity index is 1140. The van der Waals surface area contributed by atoms with Crippen LogP contribution < -0.4 is 22.1 Å². The minimum atomic E-state index is -0.279. The lowest BCUT2D eigenvalue weighted by Crippen LogP contribution is -2.53. The topological polar surface area (TPSA) is 105 Å². The van der Waals surface area contributed by atoms with Crippen molar-refractivity contribution >= 4 is 17.5 Å². The Morgan fingerprint density at radius 2 is 1.55 bits per heavy atom. The summed E-state index contributed by atoms with van der Waals surface area (Å²) in [4.78, 5) is 25.3. The second-order valence-corrected chi connectivity index (χ2v) is 8.00. The van der Waals surface area contributed by atoms with Crippen molar-refractivity contribution in [2.24, 2.45) is 17.6 Å². The van der Waals surface area contributed by atoms with Crippen LogP contribution in [-0.4, -0.2) is 16.9 Å². The van der Waals surface area contributed by atoms with E-state index in [9.17, 15) is 9.59 Å². The molecule has 1 aliphatic carbocycles. The third-order valence-electron chi connectivity index (χ3n) is 6.13. The van der Waals surface area contributed by atoms with Gasteiger partial charge in [0, 0.05) is 11.5 Å². The van der Waals surface area contributed by atoms with Crippen LogP contribution in [0.3, 0.4) is 0 Å². The Labute approximate surface area is 180 Å². The van der Waals surface area contributed by atoms with Crippen molar-refractivity contribution in [2.75, 3.05) is 5.01 Å². The Hall–Kier alpha value is -3.52. The van der Waals surface area contributed by atoms with Crippen LogP contribution in [0.5, 0.6) is 0 Å². The van der Waals surface area contributed by atoms with Crippen LogP contribution in [0, 0.1) is 5.92 Å². The zero-order valence-corrected chi connectivity index (χ0v) is 16.9.